The molecule has 10 heavy (non-hydrogen) atoms. The second-order valence-electron chi connectivity index (χ2n) is 2.71. The third-order valence-corrected chi connectivity index (χ3v) is 1.69. The van der Waals surface area contributed by atoms with Crippen molar-refractivity contribution in [3.8, 4) is 0 Å². The van der Waals surface area contributed by atoms with Gasteiger partial charge in [-0.25, -0.2) is 0 Å². The van der Waals surface area contributed by atoms with E-state index in [2.05, 4.69) is 19.9 Å². The predicted octanol–water partition coefficient (Wildman–Crippen LogP) is 2.47. The summed E-state index contributed by atoms with van der Waals surface area (Å²) >= 11 is 0. The Hall–Kier alpha value is -0.300. The molecule has 0 radical (unpaired) electrons. The van der Waals surface area contributed by atoms with Gasteiger partial charge in [-0.3, -0.25) is 0 Å². The fourth-order valence-corrected chi connectivity index (χ4v) is 0.982. The lowest BCUT2D eigenvalue weighted by Gasteiger charge is -2.07. The number of rotatable bonds is 4. The minimum atomic E-state index is 0.247. The van der Waals surface area contributed by atoms with E-state index in [9.17, 15) is 0 Å². The first kappa shape index (κ1) is 9.70. The van der Waals surface area contributed by atoms with E-state index < -0.39 is 0 Å². The second-order valence-corrected chi connectivity index (χ2v) is 2.71. The molecule has 0 aromatic rings. The average molecular weight is 141 g/mol. The molecule has 1 nitrogen and oxygen atoms in total. The first-order valence-electron chi connectivity index (χ1n) is 4.16. The molecule has 1 heteroatoms. The van der Waals surface area contributed by atoms with Gasteiger partial charge in [0.15, 0.2) is 0 Å². The largest absolute Gasteiger partial charge is 0.324 e. The Balaban J connectivity index is 3.79. The molecule has 0 aliphatic rings. The summed E-state index contributed by atoms with van der Waals surface area (Å²) in [5.41, 5.74) is 7.11. The molecular formula is C9H19N. The van der Waals surface area contributed by atoms with Gasteiger partial charge < -0.3 is 5.73 Å². The molecule has 0 aromatic heterocycles. The van der Waals surface area contributed by atoms with Gasteiger partial charge in [0.1, 0.15) is 0 Å². The van der Waals surface area contributed by atoms with E-state index in [1.807, 2.05) is 6.92 Å². The van der Waals surface area contributed by atoms with Gasteiger partial charge in [-0.05, 0) is 19.8 Å². The molecule has 0 saturated heterocycles. The van der Waals surface area contributed by atoms with Gasteiger partial charge in [0.25, 0.3) is 0 Å². The summed E-state index contributed by atoms with van der Waals surface area (Å²) in [4.78, 5) is 0. The number of nitrogens with two attached hydrogens (primary N) is 1. The lowest BCUT2D eigenvalue weighted by Crippen LogP contribution is -2.17. The molecule has 0 amide bonds. The molecule has 0 heterocycles. The fourth-order valence-electron chi connectivity index (χ4n) is 0.982. The van der Waals surface area contributed by atoms with Crippen LogP contribution in [0.1, 0.15) is 40.0 Å². The molecule has 0 aliphatic carbocycles. The first-order valence-corrected chi connectivity index (χ1v) is 4.16. The van der Waals surface area contributed by atoms with Gasteiger partial charge >= 0.3 is 0 Å². The molecule has 2 N–H and O–H groups in total. The van der Waals surface area contributed by atoms with Crippen molar-refractivity contribution in [3.63, 3.8) is 0 Å². The molecule has 0 aliphatic heterocycles. The monoisotopic (exact) mass is 141 g/mol. The molecule has 0 aromatic carbocycles. The molecule has 0 fully saturated rings. The molecule has 1 unspecified atom stereocenters. The smallest absolute Gasteiger partial charge is 0.0224 e. The van der Waals surface area contributed by atoms with Crippen molar-refractivity contribution in [3.05, 3.63) is 11.6 Å². The second kappa shape index (κ2) is 5.48. The molecule has 1 atom stereocenters. The Morgan fingerprint density at radius 3 is 2.40 bits per heavy atom. The van der Waals surface area contributed by atoms with Crippen LogP contribution < -0.4 is 5.73 Å². The zero-order valence-electron chi connectivity index (χ0n) is 7.35. The lowest BCUT2D eigenvalue weighted by molar-refractivity contribution is 0.796. The lowest BCUT2D eigenvalue weighted by atomic mass is 10.1. The number of unbranched alkanes of at least 4 members (excludes halogenated alkanes) is 1. The highest BCUT2D eigenvalue weighted by molar-refractivity contribution is 5.07. The van der Waals surface area contributed by atoms with Crippen molar-refractivity contribution in [1.29, 1.82) is 0 Å². The van der Waals surface area contributed by atoms with E-state index in [-0.39, 0.29) is 6.04 Å². The molecule has 0 bridgehead atoms. The average Bonchev–Trinajstić information content (AvgIpc) is 1.89. The standard InChI is InChI=1S/C9H19N/c1-4-6-7-9(5-2)8(3)10/h7-8H,4-6,10H2,1-3H3/b9-7-. The van der Waals surface area contributed by atoms with Gasteiger partial charge in [0.05, 0.1) is 0 Å². The van der Waals surface area contributed by atoms with E-state index in [1.54, 1.807) is 0 Å². The van der Waals surface area contributed by atoms with Crippen LogP contribution in [-0.2, 0) is 0 Å². The van der Waals surface area contributed by atoms with Crippen molar-refractivity contribution in [2.75, 3.05) is 0 Å². The van der Waals surface area contributed by atoms with E-state index >= 15 is 0 Å². The minimum Gasteiger partial charge on any atom is -0.324 e. The van der Waals surface area contributed by atoms with Crippen molar-refractivity contribution in [2.24, 2.45) is 5.73 Å². The highest BCUT2D eigenvalue weighted by Crippen LogP contribution is 2.06. The fraction of sp³-hybridized carbons (Fsp3) is 0.778. The van der Waals surface area contributed by atoms with Crippen LogP contribution in [0.4, 0.5) is 0 Å². The van der Waals surface area contributed by atoms with Crippen molar-refractivity contribution in [2.45, 2.75) is 46.1 Å². The number of hydrogen-bond donors (Lipinski definition) is 1. The molecular weight excluding hydrogens is 122 g/mol. The summed E-state index contributed by atoms with van der Waals surface area (Å²) in [5, 5.41) is 0. The van der Waals surface area contributed by atoms with Gasteiger partial charge in [0.2, 0.25) is 0 Å². The van der Waals surface area contributed by atoms with Crippen LogP contribution in [0.25, 0.3) is 0 Å². The highest BCUT2D eigenvalue weighted by Gasteiger charge is 1.97. The van der Waals surface area contributed by atoms with Crippen molar-refractivity contribution < 1.29 is 0 Å². The minimum absolute atomic E-state index is 0.247. The van der Waals surface area contributed by atoms with Crippen LogP contribution in [0, 0.1) is 0 Å². The predicted molar refractivity (Wildman–Crippen MR) is 46.9 cm³/mol. The van der Waals surface area contributed by atoms with Crippen molar-refractivity contribution in [1.82, 2.24) is 0 Å². The van der Waals surface area contributed by atoms with Crippen LogP contribution in [0.2, 0.25) is 0 Å². The van der Waals surface area contributed by atoms with Gasteiger partial charge in [-0.2, -0.15) is 0 Å². The van der Waals surface area contributed by atoms with Crippen molar-refractivity contribution >= 4 is 0 Å². The SMILES string of the molecule is CCC/C=C(/CC)C(C)N. The van der Waals surface area contributed by atoms with Crippen LogP contribution in [0.15, 0.2) is 11.6 Å². The van der Waals surface area contributed by atoms with Crippen LogP contribution in [0.5, 0.6) is 0 Å². The third kappa shape index (κ3) is 3.67. The third-order valence-electron chi connectivity index (χ3n) is 1.69. The first-order chi connectivity index (χ1) is 4.72. The Kier molecular flexibility index (Phi) is 5.32. The topological polar surface area (TPSA) is 26.0 Å². The Morgan fingerprint density at radius 1 is 1.50 bits per heavy atom. The molecule has 0 saturated carbocycles. The normalized spacial score (nSPS) is 15.4. The van der Waals surface area contributed by atoms with Crippen LogP contribution in [0.3, 0.4) is 0 Å². The van der Waals surface area contributed by atoms with E-state index in [4.69, 9.17) is 5.73 Å². The van der Waals surface area contributed by atoms with Crippen LogP contribution >= 0.6 is 0 Å². The molecule has 0 rings (SSSR count). The van der Waals surface area contributed by atoms with E-state index in [0.717, 1.165) is 6.42 Å². The summed E-state index contributed by atoms with van der Waals surface area (Å²) < 4.78 is 0. The van der Waals surface area contributed by atoms with Gasteiger partial charge in [0, 0.05) is 6.04 Å². The maximum atomic E-state index is 5.72. The van der Waals surface area contributed by atoms with Gasteiger partial charge in [-0.15, -0.1) is 0 Å². The maximum absolute atomic E-state index is 5.72. The summed E-state index contributed by atoms with van der Waals surface area (Å²) in [6.07, 6.45) is 5.75. The van der Waals surface area contributed by atoms with E-state index in [0.29, 0.717) is 0 Å². The molecule has 0 spiro atoms. The number of hydrogen-bond acceptors (Lipinski definition) is 1. The zero-order valence-corrected chi connectivity index (χ0v) is 7.35. The maximum Gasteiger partial charge on any atom is 0.0224 e. The summed E-state index contributed by atoms with van der Waals surface area (Å²) in [6, 6.07) is 0.247. The summed E-state index contributed by atoms with van der Waals surface area (Å²) in [7, 11) is 0. The Morgan fingerprint density at radius 2 is 2.10 bits per heavy atom. The Labute approximate surface area is 64.3 Å². The quantitative estimate of drug-likeness (QED) is 0.598. The van der Waals surface area contributed by atoms with Crippen LogP contribution in [-0.4, -0.2) is 6.04 Å². The van der Waals surface area contributed by atoms with Gasteiger partial charge in [-0.1, -0.05) is 31.9 Å². The molecule has 60 valence electrons. The number of allylic oxidation sites excluding steroid dienone is 1. The highest BCUT2D eigenvalue weighted by atomic mass is 14.6. The Bertz CT molecular complexity index is 103. The summed E-state index contributed by atoms with van der Waals surface area (Å²) in [5.74, 6) is 0. The zero-order chi connectivity index (χ0) is 7.98. The summed E-state index contributed by atoms with van der Waals surface area (Å²) in [6.45, 7) is 6.39. The van der Waals surface area contributed by atoms with E-state index in [1.165, 1.54) is 18.4 Å².